The number of carbonyl (C=O) groups is 1. The van der Waals surface area contributed by atoms with Gasteiger partial charge in [0.2, 0.25) is 5.89 Å². The Bertz CT molecular complexity index is 1470. The van der Waals surface area contributed by atoms with Crippen LogP contribution in [0, 0.1) is 5.82 Å². The normalized spacial score (nSPS) is 14.6. The van der Waals surface area contributed by atoms with E-state index in [1.54, 1.807) is 11.1 Å². The topological polar surface area (TPSA) is 112 Å². The number of amides is 1. The third-order valence-electron chi connectivity index (χ3n) is 6.47. The van der Waals surface area contributed by atoms with Crippen molar-refractivity contribution in [2.75, 3.05) is 13.1 Å². The summed E-state index contributed by atoms with van der Waals surface area (Å²) in [6, 6.07) is 9.14. The van der Waals surface area contributed by atoms with Gasteiger partial charge in [-0.1, -0.05) is 29.5 Å². The minimum absolute atomic E-state index is 0.0134. The van der Waals surface area contributed by atoms with Gasteiger partial charge in [-0.2, -0.15) is 8.78 Å². The van der Waals surface area contributed by atoms with E-state index in [1.807, 2.05) is 32.9 Å². The van der Waals surface area contributed by atoms with E-state index in [-0.39, 0.29) is 29.8 Å². The molecule has 0 unspecified atom stereocenters. The fraction of sp³-hybridized carbons (Fsp3) is 0.407. The molecule has 0 spiro atoms. The molecule has 1 aliphatic rings. The maximum atomic E-state index is 14.7. The van der Waals surface area contributed by atoms with E-state index in [2.05, 4.69) is 37.6 Å². The van der Waals surface area contributed by atoms with Crippen LogP contribution >= 0.6 is 0 Å². The Morgan fingerprint density at radius 3 is 2.45 bits per heavy atom. The Balaban J connectivity index is 1.19. The zero-order chi connectivity index (χ0) is 28.4. The van der Waals surface area contributed by atoms with Crippen LogP contribution in [0.4, 0.5) is 18.0 Å². The molecule has 1 aromatic carbocycles. The predicted molar refractivity (Wildman–Crippen MR) is 137 cm³/mol. The van der Waals surface area contributed by atoms with Gasteiger partial charge in [-0.05, 0) is 51.2 Å². The molecular formula is C27H28F3N7O3. The van der Waals surface area contributed by atoms with Gasteiger partial charge in [-0.3, -0.25) is 4.98 Å². The standard InChI is InChI=1S/C27H28F3N7O3/c1-27(2,3)40-26(38)36-10-8-17(9-11-36)16-4-6-18(7-5-16)21-14-37(35-32-21)15-22-20(28)12-19(13-31-22)24-33-34-25(39-24)23(29)30/h4-7,12-14,17,23H,8-11,15H2,1-3H3. The summed E-state index contributed by atoms with van der Waals surface area (Å²) < 4.78 is 51.8. The maximum absolute atomic E-state index is 14.7. The number of aromatic nitrogens is 6. The van der Waals surface area contributed by atoms with Gasteiger partial charge >= 0.3 is 12.5 Å². The molecule has 1 fully saturated rings. The number of likely N-dealkylation sites (tertiary alicyclic amines) is 1. The fourth-order valence-corrected chi connectivity index (χ4v) is 4.45. The van der Waals surface area contributed by atoms with Gasteiger partial charge in [-0.15, -0.1) is 15.3 Å². The van der Waals surface area contributed by atoms with E-state index < -0.39 is 23.7 Å². The first-order valence-electron chi connectivity index (χ1n) is 12.8. The number of hydrogen-bond donors (Lipinski definition) is 0. The summed E-state index contributed by atoms with van der Waals surface area (Å²) in [4.78, 5) is 18.2. The summed E-state index contributed by atoms with van der Waals surface area (Å²) >= 11 is 0. The lowest BCUT2D eigenvalue weighted by Gasteiger charge is -2.33. The molecule has 0 N–H and O–H groups in total. The first-order chi connectivity index (χ1) is 19.1. The molecule has 40 heavy (non-hydrogen) atoms. The highest BCUT2D eigenvalue weighted by Gasteiger charge is 2.27. The number of carbonyl (C=O) groups excluding carboxylic acids is 1. The second-order valence-electron chi connectivity index (χ2n) is 10.6. The first kappa shape index (κ1) is 27.3. The zero-order valence-electron chi connectivity index (χ0n) is 22.2. The smallest absolute Gasteiger partial charge is 0.410 e. The molecule has 13 heteroatoms. The summed E-state index contributed by atoms with van der Waals surface area (Å²) in [6.45, 7) is 6.89. The highest BCUT2D eigenvalue weighted by molar-refractivity contribution is 5.68. The second kappa shape index (κ2) is 11.1. The van der Waals surface area contributed by atoms with Crippen LogP contribution in [-0.4, -0.2) is 59.9 Å². The average Bonchev–Trinajstić information content (AvgIpc) is 3.60. The molecule has 0 saturated carbocycles. The zero-order valence-corrected chi connectivity index (χ0v) is 22.2. The minimum Gasteiger partial charge on any atom is -0.444 e. The van der Waals surface area contributed by atoms with Crippen molar-refractivity contribution in [2.45, 2.75) is 58.1 Å². The Morgan fingerprint density at radius 1 is 1.10 bits per heavy atom. The molecule has 3 aromatic heterocycles. The molecule has 0 radical (unpaired) electrons. The quantitative estimate of drug-likeness (QED) is 0.301. The van der Waals surface area contributed by atoms with E-state index in [4.69, 9.17) is 9.15 Å². The van der Waals surface area contributed by atoms with Crippen molar-refractivity contribution in [1.82, 2.24) is 35.1 Å². The van der Waals surface area contributed by atoms with Crippen molar-refractivity contribution >= 4 is 6.09 Å². The van der Waals surface area contributed by atoms with Gasteiger partial charge in [0, 0.05) is 24.8 Å². The summed E-state index contributed by atoms with van der Waals surface area (Å²) in [5.41, 5.74) is 2.33. The molecule has 1 amide bonds. The van der Waals surface area contributed by atoms with E-state index in [0.717, 1.165) is 24.5 Å². The van der Waals surface area contributed by atoms with Crippen molar-refractivity contribution in [2.24, 2.45) is 0 Å². The van der Waals surface area contributed by atoms with Gasteiger partial charge in [0.05, 0.1) is 24.0 Å². The molecule has 0 atom stereocenters. The average molecular weight is 556 g/mol. The number of halogens is 3. The summed E-state index contributed by atoms with van der Waals surface area (Å²) in [5.74, 6) is -1.41. The molecule has 10 nitrogen and oxygen atoms in total. The van der Waals surface area contributed by atoms with E-state index >= 15 is 0 Å². The van der Waals surface area contributed by atoms with Crippen LogP contribution in [-0.2, 0) is 11.3 Å². The number of nitrogens with zero attached hydrogens (tertiary/aromatic N) is 7. The number of piperidine rings is 1. The van der Waals surface area contributed by atoms with Crippen molar-refractivity contribution in [1.29, 1.82) is 0 Å². The van der Waals surface area contributed by atoms with Gasteiger partial charge in [0.15, 0.2) is 0 Å². The SMILES string of the molecule is CC(C)(C)OC(=O)N1CCC(c2ccc(-c3cn(Cc4ncc(-c5nnc(C(F)F)o5)cc4F)nn3)cc2)CC1. The van der Waals surface area contributed by atoms with Crippen molar-refractivity contribution < 1.29 is 27.1 Å². The number of hydrogen-bond acceptors (Lipinski definition) is 8. The Kier molecular flexibility index (Phi) is 7.55. The summed E-state index contributed by atoms with van der Waals surface area (Å²) in [6.07, 6.45) is 1.48. The predicted octanol–water partition coefficient (Wildman–Crippen LogP) is 5.63. The molecule has 0 aliphatic carbocycles. The summed E-state index contributed by atoms with van der Waals surface area (Å²) in [7, 11) is 0. The molecule has 210 valence electrons. The first-order valence-corrected chi connectivity index (χ1v) is 12.8. The summed E-state index contributed by atoms with van der Waals surface area (Å²) in [5, 5.41) is 15.0. The van der Waals surface area contributed by atoms with Crippen LogP contribution in [0.15, 0.2) is 47.1 Å². The second-order valence-corrected chi connectivity index (χ2v) is 10.6. The lowest BCUT2D eigenvalue weighted by Crippen LogP contribution is -2.41. The van der Waals surface area contributed by atoms with Gasteiger partial charge in [0.1, 0.15) is 17.1 Å². The van der Waals surface area contributed by atoms with Crippen LogP contribution in [0.3, 0.4) is 0 Å². The molecule has 0 bridgehead atoms. The van der Waals surface area contributed by atoms with Gasteiger partial charge in [0.25, 0.3) is 5.89 Å². The number of pyridine rings is 1. The fourth-order valence-electron chi connectivity index (χ4n) is 4.45. The van der Waals surface area contributed by atoms with E-state index in [9.17, 15) is 18.0 Å². The number of benzene rings is 1. The Morgan fingerprint density at radius 2 is 1.82 bits per heavy atom. The molecule has 1 aliphatic heterocycles. The van der Waals surface area contributed by atoms with Crippen LogP contribution in [0.5, 0.6) is 0 Å². The van der Waals surface area contributed by atoms with Crippen molar-refractivity contribution in [3.8, 4) is 22.7 Å². The van der Waals surface area contributed by atoms with Crippen LogP contribution < -0.4 is 0 Å². The number of alkyl halides is 2. The monoisotopic (exact) mass is 555 g/mol. The highest BCUT2D eigenvalue weighted by atomic mass is 19.3. The van der Waals surface area contributed by atoms with Gasteiger partial charge < -0.3 is 14.1 Å². The third kappa shape index (κ3) is 6.29. The molecule has 4 heterocycles. The molecule has 5 rings (SSSR count). The van der Waals surface area contributed by atoms with E-state index in [1.165, 1.54) is 16.4 Å². The molecule has 1 saturated heterocycles. The van der Waals surface area contributed by atoms with Crippen LogP contribution in [0.2, 0.25) is 0 Å². The molecular weight excluding hydrogens is 527 g/mol. The number of ether oxygens (including phenoxy) is 1. The molecule has 4 aromatic rings. The Labute approximate surface area is 228 Å². The van der Waals surface area contributed by atoms with Crippen molar-refractivity contribution in [3.63, 3.8) is 0 Å². The van der Waals surface area contributed by atoms with Crippen LogP contribution in [0.25, 0.3) is 22.7 Å². The third-order valence-corrected chi connectivity index (χ3v) is 6.47. The van der Waals surface area contributed by atoms with Crippen LogP contribution in [0.1, 0.15) is 63.1 Å². The van der Waals surface area contributed by atoms with E-state index in [0.29, 0.717) is 24.7 Å². The highest BCUT2D eigenvalue weighted by Crippen LogP contribution is 2.30. The lowest BCUT2D eigenvalue weighted by atomic mass is 9.89. The number of rotatable bonds is 6. The Hall–Kier alpha value is -4.29. The maximum Gasteiger partial charge on any atom is 0.410 e. The van der Waals surface area contributed by atoms with Gasteiger partial charge in [-0.25, -0.2) is 13.9 Å². The minimum atomic E-state index is -2.92. The van der Waals surface area contributed by atoms with Crippen molar-refractivity contribution in [3.05, 3.63) is 65.7 Å². The lowest BCUT2D eigenvalue weighted by molar-refractivity contribution is 0.0205. The largest absolute Gasteiger partial charge is 0.444 e.